The van der Waals surface area contributed by atoms with Gasteiger partial charge in [0, 0.05) is 43.8 Å². The first-order valence-electron chi connectivity index (χ1n) is 22.5. The van der Waals surface area contributed by atoms with Crippen molar-refractivity contribution in [2.45, 2.75) is 6.17 Å². The lowest BCUT2D eigenvalue weighted by Crippen LogP contribution is -2.33. The smallest absolute Gasteiger partial charge is 0.159 e. The van der Waals surface area contributed by atoms with E-state index in [2.05, 4.69) is 216 Å². The Kier molecular flexibility index (Phi) is 7.98. The number of nitrogens with one attached hydrogen (secondary N) is 1. The van der Waals surface area contributed by atoms with Crippen molar-refractivity contribution >= 4 is 98.5 Å². The Hall–Kier alpha value is -8.80. The van der Waals surface area contributed by atoms with Gasteiger partial charge in [-0.3, -0.25) is 0 Å². The fourth-order valence-electron chi connectivity index (χ4n) is 10.5. The van der Waals surface area contributed by atoms with Gasteiger partial charge in [-0.2, -0.15) is 0 Å². The van der Waals surface area contributed by atoms with Crippen LogP contribution >= 0.6 is 0 Å². The molecular weight excluding hydrogens is 805 g/mol. The minimum absolute atomic E-state index is 0.395. The van der Waals surface area contributed by atoms with Gasteiger partial charge >= 0.3 is 0 Å². The molecule has 11 aromatic carbocycles. The lowest BCUT2D eigenvalue weighted by Gasteiger charge is -2.25. The van der Waals surface area contributed by atoms with Crippen molar-refractivity contribution in [3.05, 3.63) is 235 Å². The van der Waals surface area contributed by atoms with Crippen LogP contribution in [-0.2, 0) is 0 Å². The SMILES string of the molecule is c1ccc2cc3c(cc2c1)c1c2ccccc2ccc1n3-c1ccc(C2=NC(c3cccc4ccccc34)NC(c3cccc4ccccc34)=N2)cc1-c1ccc2oc3ccccc3c2c1. The Labute approximate surface area is 379 Å². The normalized spacial score (nSPS) is 14.2. The van der Waals surface area contributed by atoms with Gasteiger partial charge in [-0.05, 0) is 103 Å². The number of hydrogen-bond donors (Lipinski definition) is 1. The van der Waals surface area contributed by atoms with E-state index >= 15 is 0 Å². The van der Waals surface area contributed by atoms with E-state index in [0.29, 0.717) is 5.84 Å². The molecule has 0 saturated heterocycles. The minimum atomic E-state index is -0.395. The van der Waals surface area contributed by atoms with Gasteiger partial charge in [0.05, 0.1) is 16.7 Å². The number of para-hydroxylation sites is 1. The van der Waals surface area contributed by atoms with Crippen LogP contribution in [0.1, 0.15) is 22.9 Å². The lowest BCUT2D eigenvalue weighted by molar-refractivity contribution is 0.669. The van der Waals surface area contributed by atoms with Crippen molar-refractivity contribution in [1.29, 1.82) is 0 Å². The van der Waals surface area contributed by atoms with Crippen molar-refractivity contribution in [3.63, 3.8) is 0 Å². The molecule has 1 N–H and O–H groups in total. The van der Waals surface area contributed by atoms with Gasteiger partial charge in [0.1, 0.15) is 23.2 Å². The molecule has 0 bridgehead atoms. The topological polar surface area (TPSA) is 54.8 Å². The lowest BCUT2D eigenvalue weighted by atomic mass is 9.97. The van der Waals surface area contributed by atoms with Crippen LogP contribution in [0.4, 0.5) is 0 Å². The Morgan fingerprint density at radius 3 is 1.88 bits per heavy atom. The van der Waals surface area contributed by atoms with E-state index in [9.17, 15) is 0 Å². The first-order chi connectivity index (χ1) is 32.7. The zero-order valence-electron chi connectivity index (χ0n) is 35.6. The molecule has 1 unspecified atom stereocenters. The second kappa shape index (κ2) is 14.4. The monoisotopic (exact) mass is 842 g/mol. The molecule has 0 radical (unpaired) electrons. The number of fused-ring (bicyclic) bond motifs is 11. The third kappa shape index (κ3) is 5.66. The van der Waals surface area contributed by atoms with Crippen molar-refractivity contribution in [2.24, 2.45) is 9.98 Å². The number of aliphatic imine (C=N–C) groups is 2. The summed E-state index contributed by atoms with van der Waals surface area (Å²) >= 11 is 0. The van der Waals surface area contributed by atoms with Crippen molar-refractivity contribution in [1.82, 2.24) is 9.88 Å². The number of rotatable bonds is 5. The van der Waals surface area contributed by atoms with E-state index in [4.69, 9.17) is 14.4 Å². The highest BCUT2D eigenvalue weighted by atomic mass is 16.3. The Morgan fingerprint density at radius 2 is 1.05 bits per heavy atom. The average Bonchev–Trinajstić information content (AvgIpc) is 3.92. The molecule has 2 aromatic heterocycles. The predicted molar refractivity (Wildman–Crippen MR) is 275 cm³/mol. The summed E-state index contributed by atoms with van der Waals surface area (Å²) < 4.78 is 8.85. The molecule has 66 heavy (non-hydrogen) atoms. The maximum atomic E-state index is 6.38. The van der Waals surface area contributed by atoms with Gasteiger partial charge in [0.2, 0.25) is 0 Å². The second-order valence-corrected chi connectivity index (χ2v) is 17.3. The summed E-state index contributed by atoms with van der Waals surface area (Å²) in [5, 5.41) is 17.9. The molecule has 14 rings (SSSR count). The summed E-state index contributed by atoms with van der Waals surface area (Å²) in [5.41, 5.74) is 10.3. The van der Waals surface area contributed by atoms with Crippen molar-refractivity contribution < 1.29 is 4.42 Å². The van der Waals surface area contributed by atoms with E-state index in [1.54, 1.807) is 0 Å². The number of furan rings is 1. The highest BCUT2D eigenvalue weighted by Gasteiger charge is 2.26. The number of aromatic nitrogens is 1. The van der Waals surface area contributed by atoms with Gasteiger partial charge in [-0.25, -0.2) is 9.98 Å². The largest absolute Gasteiger partial charge is 0.456 e. The van der Waals surface area contributed by atoms with E-state index in [-0.39, 0.29) is 0 Å². The molecule has 0 amide bonds. The quantitative estimate of drug-likeness (QED) is 0.188. The van der Waals surface area contributed by atoms with Crippen LogP contribution in [0.15, 0.2) is 233 Å². The van der Waals surface area contributed by atoms with Crippen molar-refractivity contribution in [2.75, 3.05) is 0 Å². The molecule has 0 fully saturated rings. The van der Waals surface area contributed by atoms with Crippen LogP contribution in [0.3, 0.4) is 0 Å². The fourth-order valence-corrected chi connectivity index (χ4v) is 10.5. The third-order valence-corrected chi connectivity index (χ3v) is 13.6. The summed E-state index contributed by atoms with van der Waals surface area (Å²) in [7, 11) is 0. The number of amidine groups is 2. The molecule has 308 valence electrons. The Morgan fingerprint density at radius 1 is 0.409 bits per heavy atom. The molecule has 1 aliphatic rings. The first kappa shape index (κ1) is 36.7. The second-order valence-electron chi connectivity index (χ2n) is 17.3. The van der Waals surface area contributed by atoms with E-state index in [1.807, 2.05) is 12.1 Å². The van der Waals surface area contributed by atoms with Gasteiger partial charge in [0.15, 0.2) is 5.84 Å². The third-order valence-electron chi connectivity index (χ3n) is 13.6. The van der Waals surface area contributed by atoms with Gasteiger partial charge in [-0.15, -0.1) is 0 Å². The molecule has 5 nitrogen and oxygen atoms in total. The van der Waals surface area contributed by atoms with Crippen LogP contribution in [0.25, 0.3) is 104 Å². The van der Waals surface area contributed by atoms with E-state index < -0.39 is 6.17 Å². The number of nitrogens with zero attached hydrogens (tertiary/aromatic N) is 3. The zero-order valence-corrected chi connectivity index (χ0v) is 35.6. The summed E-state index contributed by atoms with van der Waals surface area (Å²) in [4.78, 5) is 10.9. The van der Waals surface area contributed by atoms with E-state index in [0.717, 1.165) is 88.5 Å². The number of hydrogen-bond acceptors (Lipinski definition) is 4. The minimum Gasteiger partial charge on any atom is -0.456 e. The van der Waals surface area contributed by atoms with Crippen molar-refractivity contribution in [3.8, 4) is 16.8 Å². The van der Waals surface area contributed by atoms with Crippen LogP contribution in [0, 0.1) is 0 Å². The van der Waals surface area contributed by atoms with Crippen LogP contribution < -0.4 is 5.32 Å². The molecule has 0 spiro atoms. The summed E-state index contributed by atoms with van der Waals surface area (Å²) in [6.45, 7) is 0. The maximum absolute atomic E-state index is 6.38. The van der Waals surface area contributed by atoms with E-state index in [1.165, 1.54) is 37.7 Å². The average molecular weight is 843 g/mol. The van der Waals surface area contributed by atoms with Gasteiger partial charge in [0.25, 0.3) is 0 Å². The first-order valence-corrected chi connectivity index (χ1v) is 22.5. The molecule has 1 aliphatic heterocycles. The van der Waals surface area contributed by atoms with Crippen LogP contribution in [0.5, 0.6) is 0 Å². The summed E-state index contributed by atoms with van der Waals surface area (Å²) in [5.74, 6) is 1.45. The molecule has 1 atom stereocenters. The Balaban J connectivity index is 1.06. The van der Waals surface area contributed by atoms with Gasteiger partial charge < -0.3 is 14.3 Å². The van der Waals surface area contributed by atoms with Gasteiger partial charge in [-0.1, -0.05) is 164 Å². The highest BCUT2D eigenvalue weighted by Crippen LogP contribution is 2.43. The zero-order chi connectivity index (χ0) is 43.3. The fraction of sp³-hybridized carbons (Fsp3) is 0.0164. The number of benzene rings is 11. The highest BCUT2D eigenvalue weighted by molar-refractivity contribution is 6.24. The molecule has 0 aliphatic carbocycles. The standard InChI is InChI=1S/C61H38N4O/c1-2-17-41-36-55-52(33-40(41)16-1)58-46-22-8-5-15-39(46)27-31-54(58)65(55)53-30-28-43(35-50(53)42-29-32-57-51(34-42)47-23-9-10-26-56(47)66-57)59-62-60(48-24-11-18-37-13-3-6-20-44(37)48)64-61(63-59)49-25-12-19-38-14-4-7-21-45(38)49/h1-36,60H,(H,62,63,64). The molecule has 3 heterocycles. The van der Waals surface area contributed by atoms with Crippen LogP contribution in [0.2, 0.25) is 0 Å². The molecule has 5 heteroatoms. The van der Waals surface area contributed by atoms with Crippen LogP contribution in [-0.4, -0.2) is 16.2 Å². The Bertz CT molecular complexity index is 4220. The maximum Gasteiger partial charge on any atom is 0.159 e. The predicted octanol–water partition coefficient (Wildman–Crippen LogP) is 15.5. The molecule has 0 saturated carbocycles. The summed E-state index contributed by atoms with van der Waals surface area (Å²) in [6, 6.07) is 78.3. The molecular formula is C61H38N4O. The summed E-state index contributed by atoms with van der Waals surface area (Å²) in [6.07, 6.45) is -0.395. The molecule has 13 aromatic rings.